The molecule has 2 nitrogen and oxygen atoms in total. The van der Waals surface area contributed by atoms with Crippen LogP contribution in [0.4, 0.5) is 0 Å². The predicted molar refractivity (Wildman–Crippen MR) is 273 cm³/mol. The smallest absolute Gasteiger partial charge is 0.0192 e. The zero-order chi connectivity index (χ0) is 42.6. The fourth-order valence-corrected chi connectivity index (χ4v) is 9.52. The standard InChI is InChI=1S/C57H118N2/c1-5-8-11-14-17-20-23-26-29-32-35-38-41-44-47-50-53-58-56-57(4)59(54-51-48-45-42-39-36-33-30-27-24-21-18-15-12-9-6-2)55-52-49-46-43-40-37-34-31-28-25-22-19-16-13-10-7-3/h57-58H,5-56H2,1-4H3. The number of rotatable bonds is 54. The highest BCUT2D eigenvalue weighted by atomic mass is 15.2. The molecule has 0 radical (unpaired) electrons. The number of hydrogen-bond donors (Lipinski definition) is 1. The summed E-state index contributed by atoms with van der Waals surface area (Å²) in [4.78, 5) is 2.87. The first-order chi connectivity index (χ1) is 29.3. The summed E-state index contributed by atoms with van der Waals surface area (Å²) in [6.07, 6.45) is 69.9. The van der Waals surface area contributed by atoms with Gasteiger partial charge in [0.2, 0.25) is 0 Å². The molecule has 0 spiro atoms. The van der Waals surface area contributed by atoms with E-state index >= 15 is 0 Å². The van der Waals surface area contributed by atoms with E-state index in [9.17, 15) is 0 Å². The maximum absolute atomic E-state index is 3.89. The zero-order valence-corrected chi connectivity index (χ0v) is 42.3. The third-order valence-corrected chi connectivity index (χ3v) is 13.9. The minimum absolute atomic E-state index is 0.670. The number of hydrogen-bond acceptors (Lipinski definition) is 2. The van der Waals surface area contributed by atoms with E-state index in [1.54, 1.807) is 0 Å². The van der Waals surface area contributed by atoms with Crippen LogP contribution in [0.1, 0.15) is 336 Å². The van der Waals surface area contributed by atoms with E-state index in [1.165, 1.54) is 334 Å². The summed E-state index contributed by atoms with van der Waals surface area (Å²) < 4.78 is 0. The third-order valence-electron chi connectivity index (χ3n) is 13.9. The van der Waals surface area contributed by atoms with Gasteiger partial charge in [0.05, 0.1) is 0 Å². The molecule has 356 valence electrons. The van der Waals surface area contributed by atoms with Crippen molar-refractivity contribution >= 4 is 0 Å². The first-order valence-electron chi connectivity index (χ1n) is 28.7. The molecule has 0 amide bonds. The second-order valence-electron chi connectivity index (χ2n) is 20.0. The number of unbranched alkanes of at least 4 members (excludes halogenated alkanes) is 45. The van der Waals surface area contributed by atoms with Crippen LogP contribution in [0.3, 0.4) is 0 Å². The van der Waals surface area contributed by atoms with Crippen LogP contribution in [0.5, 0.6) is 0 Å². The molecule has 2 heteroatoms. The molecule has 0 aromatic carbocycles. The summed E-state index contributed by atoms with van der Waals surface area (Å²) >= 11 is 0. The maximum Gasteiger partial charge on any atom is 0.0192 e. The van der Waals surface area contributed by atoms with Crippen LogP contribution >= 0.6 is 0 Å². The largest absolute Gasteiger partial charge is 0.315 e. The van der Waals surface area contributed by atoms with Gasteiger partial charge in [-0.05, 0) is 45.8 Å². The highest BCUT2D eigenvalue weighted by Gasteiger charge is 2.13. The average molecular weight is 832 g/mol. The average Bonchev–Trinajstić information content (AvgIpc) is 3.24. The molecule has 0 saturated carbocycles. The maximum atomic E-state index is 3.89. The molecule has 0 saturated heterocycles. The van der Waals surface area contributed by atoms with Crippen molar-refractivity contribution < 1.29 is 0 Å². The Morgan fingerprint density at radius 3 is 0.661 bits per heavy atom. The van der Waals surface area contributed by atoms with Gasteiger partial charge in [-0.15, -0.1) is 0 Å². The Morgan fingerprint density at radius 2 is 0.441 bits per heavy atom. The normalized spacial score (nSPS) is 12.4. The minimum Gasteiger partial charge on any atom is -0.315 e. The van der Waals surface area contributed by atoms with E-state index in [1.807, 2.05) is 0 Å². The SMILES string of the molecule is CCCCCCCCCCCCCCCCCCNCC(C)N(CCCCCCCCCCCCCCCCCC)CCCCCCCCCCCCCCCCCC. The highest BCUT2D eigenvalue weighted by Crippen LogP contribution is 2.18. The second kappa shape index (κ2) is 54.1. The van der Waals surface area contributed by atoms with Crippen LogP contribution in [-0.4, -0.2) is 37.1 Å². The van der Waals surface area contributed by atoms with E-state index < -0.39 is 0 Å². The van der Waals surface area contributed by atoms with Gasteiger partial charge in [-0.25, -0.2) is 0 Å². The van der Waals surface area contributed by atoms with Gasteiger partial charge in [0.15, 0.2) is 0 Å². The Bertz CT molecular complexity index is 671. The second-order valence-corrected chi connectivity index (χ2v) is 20.0. The topological polar surface area (TPSA) is 15.3 Å². The summed E-state index contributed by atoms with van der Waals surface area (Å²) in [6, 6.07) is 0.670. The molecule has 0 fully saturated rings. The van der Waals surface area contributed by atoms with Crippen molar-refractivity contribution in [2.24, 2.45) is 0 Å². The summed E-state index contributed by atoms with van der Waals surface area (Å²) in [7, 11) is 0. The summed E-state index contributed by atoms with van der Waals surface area (Å²) in [5, 5.41) is 3.89. The van der Waals surface area contributed by atoms with Gasteiger partial charge in [-0.1, -0.05) is 310 Å². The Labute approximate surface area is 376 Å². The van der Waals surface area contributed by atoms with E-state index in [-0.39, 0.29) is 0 Å². The molecule has 0 aliphatic carbocycles. The van der Waals surface area contributed by atoms with Crippen LogP contribution in [0, 0.1) is 0 Å². The lowest BCUT2D eigenvalue weighted by atomic mass is 10.0. The van der Waals surface area contributed by atoms with Crippen molar-refractivity contribution in [3.8, 4) is 0 Å². The van der Waals surface area contributed by atoms with Gasteiger partial charge in [0.1, 0.15) is 0 Å². The zero-order valence-electron chi connectivity index (χ0n) is 42.3. The van der Waals surface area contributed by atoms with Crippen LogP contribution in [0.25, 0.3) is 0 Å². The highest BCUT2D eigenvalue weighted by molar-refractivity contribution is 4.71. The molecule has 0 aliphatic heterocycles. The lowest BCUT2D eigenvalue weighted by Gasteiger charge is -2.29. The van der Waals surface area contributed by atoms with Crippen molar-refractivity contribution in [1.82, 2.24) is 10.2 Å². The molecule has 0 bridgehead atoms. The van der Waals surface area contributed by atoms with E-state index in [2.05, 4.69) is 37.9 Å². The predicted octanol–water partition coefficient (Wildman–Crippen LogP) is 20.1. The van der Waals surface area contributed by atoms with Gasteiger partial charge in [0.25, 0.3) is 0 Å². The quantitative estimate of drug-likeness (QED) is 0.0614. The monoisotopic (exact) mass is 831 g/mol. The fourth-order valence-electron chi connectivity index (χ4n) is 9.52. The van der Waals surface area contributed by atoms with E-state index in [0.29, 0.717) is 6.04 Å². The lowest BCUT2D eigenvalue weighted by Crippen LogP contribution is -2.41. The summed E-state index contributed by atoms with van der Waals surface area (Å²) in [5.74, 6) is 0. The van der Waals surface area contributed by atoms with Crippen molar-refractivity contribution in [3.63, 3.8) is 0 Å². The van der Waals surface area contributed by atoms with Gasteiger partial charge >= 0.3 is 0 Å². The van der Waals surface area contributed by atoms with Gasteiger partial charge in [-0.3, -0.25) is 4.90 Å². The molecule has 59 heavy (non-hydrogen) atoms. The Kier molecular flexibility index (Phi) is 54.0. The molecule has 1 unspecified atom stereocenters. The summed E-state index contributed by atoms with van der Waals surface area (Å²) in [6.45, 7) is 14.5. The van der Waals surface area contributed by atoms with Crippen LogP contribution < -0.4 is 5.32 Å². The molecule has 0 aromatic rings. The number of nitrogens with one attached hydrogen (secondary N) is 1. The Hall–Kier alpha value is -0.0800. The fraction of sp³-hybridized carbons (Fsp3) is 1.00. The van der Waals surface area contributed by atoms with Crippen LogP contribution in [0.15, 0.2) is 0 Å². The third kappa shape index (κ3) is 50.4. The van der Waals surface area contributed by atoms with Gasteiger partial charge in [-0.2, -0.15) is 0 Å². The summed E-state index contributed by atoms with van der Waals surface area (Å²) in [5.41, 5.74) is 0. The molecular formula is C57H118N2. The minimum atomic E-state index is 0.670. The van der Waals surface area contributed by atoms with Gasteiger partial charge in [0, 0.05) is 12.6 Å². The van der Waals surface area contributed by atoms with E-state index in [4.69, 9.17) is 0 Å². The van der Waals surface area contributed by atoms with Crippen LogP contribution in [-0.2, 0) is 0 Å². The molecule has 1 N–H and O–H groups in total. The molecule has 0 aromatic heterocycles. The molecule has 0 aliphatic rings. The van der Waals surface area contributed by atoms with E-state index in [0.717, 1.165) is 0 Å². The van der Waals surface area contributed by atoms with Crippen molar-refractivity contribution in [2.45, 2.75) is 342 Å². The van der Waals surface area contributed by atoms with Crippen molar-refractivity contribution in [3.05, 3.63) is 0 Å². The Balaban J connectivity index is 4.06. The van der Waals surface area contributed by atoms with Crippen molar-refractivity contribution in [2.75, 3.05) is 26.2 Å². The number of nitrogens with zero attached hydrogens (tertiary/aromatic N) is 1. The van der Waals surface area contributed by atoms with Gasteiger partial charge < -0.3 is 5.32 Å². The Morgan fingerprint density at radius 1 is 0.254 bits per heavy atom. The molecule has 1 atom stereocenters. The molecule has 0 heterocycles. The lowest BCUT2D eigenvalue weighted by molar-refractivity contribution is 0.195. The van der Waals surface area contributed by atoms with Crippen LogP contribution in [0.2, 0.25) is 0 Å². The first kappa shape index (κ1) is 58.9. The first-order valence-corrected chi connectivity index (χ1v) is 28.7. The van der Waals surface area contributed by atoms with Crippen molar-refractivity contribution in [1.29, 1.82) is 0 Å². The molecule has 0 rings (SSSR count). The molecular weight excluding hydrogens is 713 g/mol.